The van der Waals surface area contributed by atoms with Gasteiger partial charge in [-0.2, -0.15) is 0 Å². The van der Waals surface area contributed by atoms with Crippen LogP contribution in [0, 0.1) is 17.8 Å². The molecule has 1 saturated carbocycles. The number of hydrogen-bond acceptors (Lipinski definition) is 4. The molecule has 0 radical (unpaired) electrons. The zero-order valence-electron chi connectivity index (χ0n) is 13.0. The molecule has 19 heavy (non-hydrogen) atoms. The monoisotopic (exact) mass is 271 g/mol. The molecule has 0 aromatic heterocycles. The molecule has 4 heteroatoms. The van der Waals surface area contributed by atoms with Gasteiger partial charge in [-0.05, 0) is 30.6 Å². The van der Waals surface area contributed by atoms with Crippen molar-refractivity contribution in [1.29, 1.82) is 0 Å². The molecule has 1 aliphatic carbocycles. The maximum absolute atomic E-state index is 12.4. The van der Waals surface area contributed by atoms with E-state index in [1.54, 1.807) is 7.11 Å². The Balaban J connectivity index is 2.96. The van der Waals surface area contributed by atoms with Crippen molar-refractivity contribution in [1.82, 2.24) is 5.32 Å². The summed E-state index contributed by atoms with van der Waals surface area (Å²) in [5, 5.41) is 3.45. The lowest BCUT2D eigenvalue weighted by atomic mass is 9.65. The highest BCUT2D eigenvalue weighted by Crippen LogP contribution is 2.41. The van der Waals surface area contributed by atoms with Crippen LogP contribution in [0.25, 0.3) is 0 Å². The van der Waals surface area contributed by atoms with Gasteiger partial charge in [0.15, 0.2) is 0 Å². The molecule has 1 fully saturated rings. The van der Waals surface area contributed by atoms with Gasteiger partial charge in [0.25, 0.3) is 0 Å². The Bertz CT molecular complexity index is 293. The highest BCUT2D eigenvalue weighted by atomic mass is 16.5. The first-order chi connectivity index (χ1) is 8.97. The number of rotatable bonds is 6. The smallest absolute Gasteiger partial charge is 0.326 e. The largest absolute Gasteiger partial charge is 0.468 e. The fourth-order valence-corrected chi connectivity index (χ4v) is 3.48. The summed E-state index contributed by atoms with van der Waals surface area (Å²) >= 11 is 0. The van der Waals surface area contributed by atoms with Gasteiger partial charge in [-0.15, -0.1) is 0 Å². The number of methoxy groups -OCH3 is 2. The van der Waals surface area contributed by atoms with Crippen LogP contribution >= 0.6 is 0 Å². The first-order valence-electron chi connectivity index (χ1n) is 7.30. The maximum atomic E-state index is 12.4. The predicted molar refractivity (Wildman–Crippen MR) is 76.0 cm³/mol. The molecule has 1 N–H and O–H groups in total. The summed E-state index contributed by atoms with van der Waals surface area (Å²) in [5.41, 5.74) is -0.543. The van der Waals surface area contributed by atoms with Crippen molar-refractivity contribution in [3.63, 3.8) is 0 Å². The average molecular weight is 271 g/mol. The van der Waals surface area contributed by atoms with Gasteiger partial charge in [0, 0.05) is 13.7 Å². The van der Waals surface area contributed by atoms with E-state index in [1.807, 2.05) is 0 Å². The normalized spacial score (nSPS) is 31.5. The van der Waals surface area contributed by atoms with Crippen LogP contribution in [0.15, 0.2) is 0 Å². The van der Waals surface area contributed by atoms with Gasteiger partial charge in [-0.3, -0.25) is 10.1 Å². The Kier molecular flexibility index (Phi) is 6.27. The van der Waals surface area contributed by atoms with Crippen molar-refractivity contribution >= 4 is 5.97 Å². The highest BCUT2D eigenvalue weighted by molar-refractivity contribution is 5.81. The number of carbonyl (C=O) groups excluding carboxylic acids is 1. The SMILES string of the molecule is COCCNC1(C(=O)OC)CC(C)CCC1C(C)C. The number of nitrogens with one attached hydrogen (secondary N) is 1. The third-order valence-electron chi connectivity index (χ3n) is 4.37. The van der Waals surface area contributed by atoms with Crippen LogP contribution in [0.4, 0.5) is 0 Å². The summed E-state index contributed by atoms with van der Waals surface area (Å²) in [6.45, 7) is 7.89. The number of hydrogen-bond donors (Lipinski definition) is 1. The van der Waals surface area contributed by atoms with Gasteiger partial charge >= 0.3 is 5.97 Å². The molecule has 112 valence electrons. The fraction of sp³-hybridized carbons (Fsp3) is 0.933. The van der Waals surface area contributed by atoms with Crippen LogP contribution in [-0.2, 0) is 14.3 Å². The van der Waals surface area contributed by atoms with Crippen molar-refractivity contribution in [3.05, 3.63) is 0 Å². The summed E-state index contributed by atoms with van der Waals surface area (Å²) in [4.78, 5) is 12.4. The predicted octanol–water partition coefficient (Wildman–Crippen LogP) is 2.23. The second kappa shape index (κ2) is 7.25. The molecule has 0 saturated heterocycles. The molecule has 0 amide bonds. The van der Waals surface area contributed by atoms with E-state index < -0.39 is 5.54 Å². The van der Waals surface area contributed by atoms with Crippen molar-refractivity contribution in [3.8, 4) is 0 Å². The van der Waals surface area contributed by atoms with Crippen LogP contribution in [-0.4, -0.2) is 38.9 Å². The molecule has 0 aromatic carbocycles. The molecule has 3 atom stereocenters. The number of carbonyl (C=O) groups is 1. The minimum absolute atomic E-state index is 0.117. The zero-order valence-corrected chi connectivity index (χ0v) is 13.0. The topological polar surface area (TPSA) is 47.6 Å². The van der Waals surface area contributed by atoms with Crippen LogP contribution in [0.5, 0.6) is 0 Å². The van der Waals surface area contributed by atoms with E-state index >= 15 is 0 Å². The summed E-state index contributed by atoms with van der Waals surface area (Å²) in [7, 11) is 3.16. The van der Waals surface area contributed by atoms with Gasteiger partial charge in [0.05, 0.1) is 13.7 Å². The molecular formula is C15H29NO3. The van der Waals surface area contributed by atoms with Crippen molar-refractivity contribution in [2.75, 3.05) is 27.4 Å². The lowest BCUT2D eigenvalue weighted by Gasteiger charge is -2.46. The minimum Gasteiger partial charge on any atom is -0.468 e. The van der Waals surface area contributed by atoms with E-state index in [1.165, 1.54) is 13.5 Å². The van der Waals surface area contributed by atoms with E-state index in [0.29, 0.717) is 30.9 Å². The highest BCUT2D eigenvalue weighted by Gasteiger charge is 2.50. The molecule has 0 aliphatic heterocycles. The van der Waals surface area contributed by atoms with Crippen molar-refractivity contribution in [2.45, 2.75) is 45.6 Å². The molecule has 4 nitrogen and oxygen atoms in total. The van der Waals surface area contributed by atoms with Crippen LogP contribution in [0.2, 0.25) is 0 Å². The van der Waals surface area contributed by atoms with Crippen molar-refractivity contribution < 1.29 is 14.3 Å². The lowest BCUT2D eigenvalue weighted by molar-refractivity contribution is -0.155. The van der Waals surface area contributed by atoms with Gasteiger partial charge in [0.1, 0.15) is 5.54 Å². The standard InChI is InChI=1S/C15H29NO3/c1-11(2)13-7-6-12(3)10-15(13,14(17)19-5)16-8-9-18-4/h11-13,16H,6-10H2,1-5H3. The van der Waals surface area contributed by atoms with E-state index in [0.717, 1.165) is 12.8 Å². The molecule has 1 rings (SSSR count). The van der Waals surface area contributed by atoms with Crippen LogP contribution < -0.4 is 5.32 Å². The Hall–Kier alpha value is -0.610. The Morgan fingerprint density at radius 1 is 1.37 bits per heavy atom. The second-order valence-corrected chi connectivity index (χ2v) is 6.12. The van der Waals surface area contributed by atoms with E-state index in [4.69, 9.17) is 9.47 Å². The third kappa shape index (κ3) is 3.69. The molecular weight excluding hydrogens is 242 g/mol. The summed E-state index contributed by atoms with van der Waals surface area (Å²) < 4.78 is 10.2. The summed E-state index contributed by atoms with van der Waals surface area (Å²) in [5.74, 6) is 1.22. The lowest BCUT2D eigenvalue weighted by Crippen LogP contribution is -2.62. The Labute approximate surface area is 117 Å². The van der Waals surface area contributed by atoms with Crippen LogP contribution in [0.3, 0.4) is 0 Å². The fourth-order valence-electron chi connectivity index (χ4n) is 3.48. The third-order valence-corrected chi connectivity index (χ3v) is 4.37. The Morgan fingerprint density at radius 2 is 2.05 bits per heavy atom. The molecule has 3 unspecified atom stereocenters. The van der Waals surface area contributed by atoms with E-state index in [9.17, 15) is 4.79 Å². The average Bonchev–Trinajstić information content (AvgIpc) is 2.37. The number of esters is 1. The molecule has 0 bridgehead atoms. The second-order valence-electron chi connectivity index (χ2n) is 6.12. The molecule has 0 spiro atoms. The Morgan fingerprint density at radius 3 is 2.58 bits per heavy atom. The maximum Gasteiger partial charge on any atom is 0.326 e. The molecule has 0 heterocycles. The van der Waals surface area contributed by atoms with Gasteiger partial charge < -0.3 is 9.47 Å². The number of ether oxygens (including phenoxy) is 2. The van der Waals surface area contributed by atoms with Gasteiger partial charge in [0.2, 0.25) is 0 Å². The molecule has 0 aromatic rings. The van der Waals surface area contributed by atoms with Crippen molar-refractivity contribution in [2.24, 2.45) is 17.8 Å². The first-order valence-corrected chi connectivity index (χ1v) is 7.30. The first kappa shape index (κ1) is 16.4. The van der Waals surface area contributed by atoms with Crippen LogP contribution in [0.1, 0.15) is 40.0 Å². The van der Waals surface area contributed by atoms with E-state index in [-0.39, 0.29) is 5.97 Å². The summed E-state index contributed by atoms with van der Waals surface area (Å²) in [6.07, 6.45) is 3.12. The summed E-state index contributed by atoms with van der Waals surface area (Å²) in [6, 6.07) is 0. The van der Waals surface area contributed by atoms with E-state index in [2.05, 4.69) is 26.1 Å². The quantitative estimate of drug-likeness (QED) is 0.594. The van der Waals surface area contributed by atoms with Gasteiger partial charge in [-0.25, -0.2) is 0 Å². The van der Waals surface area contributed by atoms with Gasteiger partial charge in [-0.1, -0.05) is 27.2 Å². The minimum atomic E-state index is -0.543. The zero-order chi connectivity index (χ0) is 14.5. The molecule has 1 aliphatic rings.